The first kappa shape index (κ1) is 34.1. The van der Waals surface area contributed by atoms with Gasteiger partial charge in [-0.3, -0.25) is 24.1 Å². The van der Waals surface area contributed by atoms with Gasteiger partial charge in [0.05, 0.1) is 43.8 Å². The Morgan fingerprint density at radius 1 is 1.00 bits per heavy atom. The molecule has 1 unspecified atom stereocenters. The van der Waals surface area contributed by atoms with Gasteiger partial charge in [-0.25, -0.2) is 0 Å². The summed E-state index contributed by atoms with van der Waals surface area (Å²) in [5.41, 5.74) is 2.68. The molecule has 0 radical (unpaired) electrons. The van der Waals surface area contributed by atoms with Crippen LogP contribution in [0.1, 0.15) is 48.9 Å². The number of aliphatic hydroxyl groups excluding tert-OH is 1. The molecule has 262 valence electrons. The largest absolute Gasteiger partial charge is 0.441 e. The summed E-state index contributed by atoms with van der Waals surface area (Å²) in [5, 5.41) is 10.2. The van der Waals surface area contributed by atoms with Crippen molar-refractivity contribution in [1.29, 1.82) is 0 Å². The molecule has 0 aliphatic carbocycles. The first-order chi connectivity index (χ1) is 23.8. The fourth-order valence-corrected chi connectivity index (χ4v) is 11.1. The number of β-lactam (4-membered cyclic amide) rings is 1. The fraction of sp³-hybridized carbons (Fsp3) is 0.421. The summed E-state index contributed by atoms with van der Waals surface area (Å²) >= 11 is 0. The normalized spacial score (nSPS) is 27.3. The van der Waals surface area contributed by atoms with Crippen molar-refractivity contribution in [3.8, 4) is 0 Å². The summed E-state index contributed by atoms with van der Waals surface area (Å²) in [7, 11) is -3.51. The van der Waals surface area contributed by atoms with E-state index in [0.29, 0.717) is 29.9 Å². The van der Waals surface area contributed by atoms with Gasteiger partial charge in [-0.2, -0.15) is 0 Å². The zero-order valence-corrected chi connectivity index (χ0v) is 29.7. The molecule has 3 aromatic carbocycles. The Hall–Kier alpha value is -4.39. The lowest BCUT2D eigenvalue weighted by atomic mass is 9.82. The number of para-hydroxylation sites is 1. The Morgan fingerprint density at radius 2 is 1.68 bits per heavy atom. The van der Waals surface area contributed by atoms with Crippen molar-refractivity contribution >= 4 is 43.5 Å². The lowest BCUT2D eigenvalue weighted by molar-refractivity contribution is -0.154. The van der Waals surface area contributed by atoms with Crippen molar-refractivity contribution in [3.63, 3.8) is 0 Å². The minimum Gasteiger partial charge on any atom is -0.441 e. The van der Waals surface area contributed by atoms with Crippen molar-refractivity contribution in [2.45, 2.75) is 88.8 Å². The number of nitrogens with zero attached hydrogens (tertiary/aromatic N) is 3. The number of esters is 1. The number of aliphatic hydroxyl groups is 1. The smallest absolute Gasteiger partial charge is 0.304 e. The summed E-state index contributed by atoms with van der Waals surface area (Å²) in [4.78, 5) is 57.3. The second kappa shape index (κ2) is 12.7. The summed E-state index contributed by atoms with van der Waals surface area (Å²) in [5.74, 6) is -1.71. The van der Waals surface area contributed by atoms with Gasteiger partial charge in [-0.1, -0.05) is 61.5 Å². The highest BCUT2D eigenvalue weighted by Crippen LogP contribution is 2.60. The highest BCUT2D eigenvalue weighted by molar-refractivity contribution is 6.72. The lowest BCUT2D eigenvalue weighted by Crippen LogP contribution is -2.54. The molecule has 0 bridgehead atoms. The number of halogens is 1. The minimum atomic E-state index is -3.51. The molecule has 12 heteroatoms. The second-order valence-corrected chi connectivity index (χ2v) is 18.2. The predicted molar refractivity (Wildman–Crippen MR) is 186 cm³/mol. The number of fused-ring (bicyclic) bond motifs is 3. The molecule has 4 aliphatic heterocycles. The molecule has 3 amide bonds. The highest BCUT2D eigenvalue weighted by atomic mass is 28.4. The predicted octanol–water partition coefficient (Wildman–Crippen LogP) is 4.97. The Labute approximate surface area is 291 Å². The highest BCUT2D eigenvalue weighted by Gasteiger charge is 2.67. The molecule has 4 heterocycles. The monoisotopic (exact) mass is 699 g/mol. The average Bonchev–Trinajstić information content (AvgIpc) is 3.50. The van der Waals surface area contributed by atoms with Gasteiger partial charge < -0.3 is 28.5 Å². The van der Waals surface area contributed by atoms with Crippen LogP contribution >= 0.6 is 0 Å². The number of hydrogen-bond donors (Lipinski definition) is 1. The first-order valence-electron chi connectivity index (χ1n) is 17.2. The molecule has 1 spiro atoms. The summed E-state index contributed by atoms with van der Waals surface area (Å²) < 4.78 is 28.4. The zero-order chi connectivity index (χ0) is 35.5. The number of benzene rings is 3. The fourth-order valence-electron chi connectivity index (χ4n) is 8.62. The maximum Gasteiger partial charge on any atom is 0.304 e. The van der Waals surface area contributed by atoms with Gasteiger partial charge in [-0.05, 0) is 54.4 Å². The van der Waals surface area contributed by atoms with Crippen molar-refractivity contribution in [2.75, 3.05) is 16.4 Å². The summed E-state index contributed by atoms with van der Waals surface area (Å²) in [6.45, 7) is 6.75. The summed E-state index contributed by atoms with van der Waals surface area (Å²) in [6.07, 6.45) is -0.928. The van der Waals surface area contributed by atoms with E-state index in [1.165, 1.54) is 11.8 Å². The van der Waals surface area contributed by atoms with Crippen molar-refractivity contribution in [3.05, 3.63) is 95.1 Å². The molecule has 2 fully saturated rings. The van der Waals surface area contributed by atoms with Crippen molar-refractivity contribution in [1.82, 2.24) is 4.90 Å². The average molecular weight is 700 g/mol. The van der Waals surface area contributed by atoms with E-state index in [9.17, 15) is 24.3 Å². The van der Waals surface area contributed by atoms with E-state index >= 15 is 4.11 Å². The van der Waals surface area contributed by atoms with Crippen LogP contribution in [-0.2, 0) is 53.8 Å². The summed E-state index contributed by atoms with van der Waals surface area (Å²) in [6, 6.07) is 22.0. The van der Waals surface area contributed by atoms with Gasteiger partial charge in [0, 0.05) is 36.2 Å². The van der Waals surface area contributed by atoms with Crippen LogP contribution < -0.4 is 9.80 Å². The number of carbonyl (C=O) groups is 4. The Morgan fingerprint density at radius 3 is 2.34 bits per heavy atom. The van der Waals surface area contributed by atoms with Crippen LogP contribution in [0.25, 0.3) is 0 Å². The molecule has 1 N–H and O–H groups in total. The van der Waals surface area contributed by atoms with Crippen LogP contribution in [-0.4, -0.2) is 67.1 Å². The molecule has 50 heavy (non-hydrogen) atoms. The van der Waals surface area contributed by atoms with Crippen LogP contribution in [0.5, 0.6) is 0 Å². The van der Waals surface area contributed by atoms with Crippen LogP contribution in [0.4, 0.5) is 15.5 Å². The van der Waals surface area contributed by atoms with E-state index in [2.05, 4.69) is 0 Å². The number of hydrogen-bond acceptors (Lipinski definition) is 7. The lowest BCUT2D eigenvalue weighted by Gasteiger charge is -2.39. The van der Waals surface area contributed by atoms with Gasteiger partial charge in [0.2, 0.25) is 20.2 Å². The van der Waals surface area contributed by atoms with Gasteiger partial charge in [-0.15, -0.1) is 0 Å². The van der Waals surface area contributed by atoms with Crippen LogP contribution in [0.2, 0.25) is 18.6 Å². The molecule has 0 aromatic heterocycles. The maximum atomic E-state index is 16.4. The third-order valence-corrected chi connectivity index (χ3v) is 13.4. The number of anilines is 2. The molecule has 6 atom stereocenters. The van der Waals surface area contributed by atoms with Crippen LogP contribution in [0.15, 0.2) is 72.8 Å². The molecule has 0 saturated carbocycles. The first-order valence-corrected chi connectivity index (χ1v) is 20.1. The van der Waals surface area contributed by atoms with E-state index in [1.54, 1.807) is 35.0 Å². The molecular weight excluding hydrogens is 658 g/mol. The van der Waals surface area contributed by atoms with Crippen LogP contribution in [0.3, 0.4) is 0 Å². The van der Waals surface area contributed by atoms with Crippen molar-refractivity contribution < 1.29 is 37.9 Å². The van der Waals surface area contributed by atoms with Gasteiger partial charge in [0.25, 0.3) is 5.91 Å². The van der Waals surface area contributed by atoms with E-state index in [-0.39, 0.29) is 43.7 Å². The molecule has 4 aliphatic rings. The van der Waals surface area contributed by atoms with Gasteiger partial charge >= 0.3 is 5.97 Å². The minimum absolute atomic E-state index is 0.101. The third kappa shape index (κ3) is 5.63. The van der Waals surface area contributed by atoms with E-state index < -0.39 is 49.8 Å². The standard InChI is InChI=1S/C38H42FN3O7Si/c1-23-36(50(3,4)39)32(18-33(45)40-21-27-10-6-5-9-26(27)17-29(40)22-43)49-38(23)30-11-7-8-12-31(30)41(37(38)47)20-25-13-15-28(16-14-25)42-34(46)19-35(42)48-24(2)44/h5-16,23,29,32,35-36,43H,17-22H2,1-4H3/t23-,29+,32+,35?,36-,38+/m1/s1. The Balaban J connectivity index is 1.16. The third-order valence-electron chi connectivity index (χ3n) is 10.9. The van der Waals surface area contributed by atoms with Gasteiger partial charge in [0.15, 0.2) is 11.8 Å². The number of ether oxygens (including phenoxy) is 2. The number of rotatable bonds is 8. The second-order valence-electron chi connectivity index (χ2n) is 14.4. The number of carbonyl (C=O) groups excluding carboxylic acids is 4. The molecule has 10 nitrogen and oxygen atoms in total. The van der Waals surface area contributed by atoms with E-state index in [0.717, 1.165) is 16.7 Å². The SMILES string of the molecule is CC(=O)OC1CC(=O)N1c1ccc(CN2C(=O)[C@@]3(O[C@@H](CC(=O)N4Cc5ccccc5C[C@H]4CO)[C@H]([Si](C)(C)F)[C@H]3C)c3ccccc32)cc1. The van der Waals surface area contributed by atoms with Gasteiger partial charge in [0.1, 0.15) is 0 Å². The van der Waals surface area contributed by atoms with E-state index in [4.69, 9.17) is 9.47 Å². The molecule has 2 saturated heterocycles. The van der Waals surface area contributed by atoms with Crippen LogP contribution in [0, 0.1) is 5.92 Å². The quantitative estimate of drug-likeness (QED) is 0.153. The molecule has 3 aromatic rings. The molecule has 7 rings (SSSR count). The Kier molecular flexibility index (Phi) is 8.68. The Bertz CT molecular complexity index is 1850. The zero-order valence-electron chi connectivity index (χ0n) is 28.7. The number of amides is 3. The van der Waals surface area contributed by atoms with Crippen molar-refractivity contribution in [2.24, 2.45) is 5.92 Å². The topological polar surface area (TPSA) is 117 Å². The molecular formula is C38H42FN3O7Si. The maximum absolute atomic E-state index is 16.4. The van der Waals surface area contributed by atoms with E-state index in [1.807, 2.05) is 67.6 Å².